The standard InChI is InChI=1S/C19H21NO/c21-18-12-7-13-20(15-16-8-3-1-4-9-16)19(14-18)17-10-5-2-6-11-17/h1-6,8-11,19H,7,12-15H2/t19-/m1/s1. The van der Waals surface area contributed by atoms with Gasteiger partial charge in [0.2, 0.25) is 0 Å². The summed E-state index contributed by atoms with van der Waals surface area (Å²) in [4.78, 5) is 14.5. The van der Waals surface area contributed by atoms with Gasteiger partial charge in [0.25, 0.3) is 0 Å². The topological polar surface area (TPSA) is 20.3 Å². The van der Waals surface area contributed by atoms with Gasteiger partial charge in [-0.05, 0) is 24.1 Å². The second kappa shape index (κ2) is 6.68. The summed E-state index contributed by atoms with van der Waals surface area (Å²) in [5, 5.41) is 0. The number of likely N-dealkylation sites (tertiary alicyclic amines) is 1. The van der Waals surface area contributed by atoms with E-state index >= 15 is 0 Å². The van der Waals surface area contributed by atoms with Gasteiger partial charge in [-0.15, -0.1) is 0 Å². The molecule has 1 fully saturated rings. The van der Waals surface area contributed by atoms with Crippen LogP contribution in [-0.2, 0) is 11.3 Å². The highest BCUT2D eigenvalue weighted by atomic mass is 16.1. The number of carbonyl (C=O) groups is 1. The lowest BCUT2D eigenvalue weighted by molar-refractivity contribution is -0.119. The molecule has 0 radical (unpaired) electrons. The zero-order valence-electron chi connectivity index (χ0n) is 12.2. The molecule has 1 heterocycles. The summed E-state index contributed by atoms with van der Waals surface area (Å²) in [5.41, 5.74) is 2.57. The number of nitrogens with zero attached hydrogens (tertiary/aromatic N) is 1. The lowest BCUT2D eigenvalue weighted by Crippen LogP contribution is -2.28. The molecule has 0 unspecified atom stereocenters. The molecule has 0 aliphatic carbocycles. The largest absolute Gasteiger partial charge is 0.300 e. The Labute approximate surface area is 126 Å². The van der Waals surface area contributed by atoms with Gasteiger partial charge in [0.1, 0.15) is 5.78 Å². The van der Waals surface area contributed by atoms with E-state index in [1.54, 1.807) is 0 Å². The third-order valence-corrected chi connectivity index (χ3v) is 4.18. The molecule has 3 rings (SSSR count). The Morgan fingerprint density at radius 2 is 1.62 bits per heavy atom. The van der Waals surface area contributed by atoms with E-state index in [4.69, 9.17) is 0 Å². The average Bonchev–Trinajstić information content (AvgIpc) is 2.71. The Kier molecular flexibility index (Phi) is 4.46. The molecule has 2 aromatic rings. The Balaban J connectivity index is 1.85. The maximum atomic E-state index is 12.0. The van der Waals surface area contributed by atoms with Crippen molar-refractivity contribution < 1.29 is 4.79 Å². The van der Waals surface area contributed by atoms with Crippen LogP contribution in [0.3, 0.4) is 0 Å². The second-order valence-corrected chi connectivity index (χ2v) is 5.73. The molecule has 1 aliphatic heterocycles. The minimum Gasteiger partial charge on any atom is -0.300 e. The fourth-order valence-corrected chi connectivity index (χ4v) is 3.09. The van der Waals surface area contributed by atoms with Crippen LogP contribution in [0.2, 0.25) is 0 Å². The van der Waals surface area contributed by atoms with Gasteiger partial charge >= 0.3 is 0 Å². The van der Waals surface area contributed by atoms with E-state index in [0.29, 0.717) is 18.6 Å². The molecule has 1 aliphatic rings. The minimum absolute atomic E-state index is 0.210. The van der Waals surface area contributed by atoms with Crippen LogP contribution < -0.4 is 0 Å². The first-order valence-electron chi connectivity index (χ1n) is 7.67. The zero-order valence-corrected chi connectivity index (χ0v) is 12.2. The van der Waals surface area contributed by atoms with Crippen LogP contribution in [0.15, 0.2) is 60.7 Å². The molecule has 0 aromatic heterocycles. The van der Waals surface area contributed by atoms with Crippen molar-refractivity contribution in [3.05, 3.63) is 71.8 Å². The molecule has 1 atom stereocenters. The number of hydrogen-bond acceptors (Lipinski definition) is 2. The fraction of sp³-hybridized carbons (Fsp3) is 0.316. The van der Waals surface area contributed by atoms with Crippen molar-refractivity contribution >= 4 is 5.78 Å². The van der Waals surface area contributed by atoms with E-state index in [1.807, 2.05) is 12.1 Å². The van der Waals surface area contributed by atoms with Gasteiger partial charge in [0, 0.05) is 25.4 Å². The molecule has 2 aromatic carbocycles. The Morgan fingerprint density at radius 3 is 2.33 bits per heavy atom. The van der Waals surface area contributed by atoms with Crippen molar-refractivity contribution in [2.24, 2.45) is 0 Å². The van der Waals surface area contributed by atoms with Crippen LogP contribution in [0.4, 0.5) is 0 Å². The van der Waals surface area contributed by atoms with E-state index in [-0.39, 0.29) is 6.04 Å². The average molecular weight is 279 g/mol. The number of ketones is 1. The Morgan fingerprint density at radius 1 is 0.952 bits per heavy atom. The van der Waals surface area contributed by atoms with E-state index < -0.39 is 0 Å². The molecule has 2 heteroatoms. The quantitative estimate of drug-likeness (QED) is 0.847. The van der Waals surface area contributed by atoms with Gasteiger partial charge in [-0.2, -0.15) is 0 Å². The third kappa shape index (κ3) is 3.59. The number of rotatable bonds is 3. The normalized spacial score (nSPS) is 20.2. The molecule has 0 saturated carbocycles. The van der Waals surface area contributed by atoms with E-state index in [0.717, 1.165) is 19.5 Å². The summed E-state index contributed by atoms with van der Waals surface area (Å²) >= 11 is 0. The first-order chi connectivity index (χ1) is 10.3. The Bertz CT molecular complexity index is 579. The summed E-state index contributed by atoms with van der Waals surface area (Å²) < 4.78 is 0. The van der Waals surface area contributed by atoms with Crippen LogP contribution in [0.5, 0.6) is 0 Å². The van der Waals surface area contributed by atoms with Crippen LogP contribution in [0.25, 0.3) is 0 Å². The van der Waals surface area contributed by atoms with Crippen LogP contribution in [0.1, 0.15) is 36.4 Å². The van der Waals surface area contributed by atoms with Gasteiger partial charge in [-0.25, -0.2) is 0 Å². The van der Waals surface area contributed by atoms with Gasteiger partial charge < -0.3 is 0 Å². The van der Waals surface area contributed by atoms with Crippen LogP contribution in [0, 0.1) is 0 Å². The van der Waals surface area contributed by atoms with Crippen molar-refractivity contribution in [2.45, 2.75) is 31.8 Å². The van der Waals surface area contributed by atoms with Gasteiger partial charge in [0.15, 0.2) is 0 Å². The maximum Gasteiger partial charge on any atom is 0.134 e. The molecular formula is C19H21NO. The van der Waals surface area contributed by atoms with Crippen molar-refractivity contribution in [1.29, 1.82) is 0 Å². The number of Topliss-reactive ketones (excluding diaryl/α,β-unsaturated/α-hetero) is 1. The van der Waals surface area contributed by atoms with E-state index in [1.165, 1.54) is 11.1 Å². The number of benzene rings is 2. The van der Waals surface area contributed by atoms with Gasteiger partial charge in [-0.1, -0.05) is 60.7 Å². The molecule has 108 valence electrons. The fourth-order valence-electron chi connectivity index (χ4n) is 3.09. The lowest BCUT2D eigenvalue weighted by Gasteiger charge is -2.30. The lowest BCUT2D eigenvalue weighted by atomic mass is 9.99. The zero-order chi connectivity index (χ0) is 14.5. The number of carbonyl (C=O) groups excluding carboxylic acids is 1. The van der Waals surface area contributed by atoms with Crippen LogP contribution in [-0.4, -0.2) is 17.2 Å². The predicted octanol–water partition coefficient (Wildman–Crippen LogP) is 3.98. The molecule has 21 heavy (non-hydrogen) atoms. The molecule has 0 amide bonds. The summed E-state index contributed by atoms with van der Waals surface area (Å²) in [6.07, 6.45) is 2.32. The molecule has 0 bridgehead atoms. The second-order valence-electron chi connectivity index (χ2n) is 5.73. The monoisotopic (exact) mass is 279 g/mol. The maximum absolute atomic E-state index is 12.0. The highest BCUT2D eigenvalue weighted by molar-refractivity contribution is 5.79. The van der Waals surface area contributed by atoms with Crippen molar-refractivity contribution in [3.63, 3.8) is 0 Å². The molecule has 0 N–H and O–H groups in total. The highest BCUT2D eigenvalue weighted by Crippen LogP contribution is 2.29. The Hall–Kier alpha value is -1.93. The molecule has 1 saturated heterocycles. The van der Waals surface area contributed by atoms with Crippen LogP contribution >= 0.6 is 0 Å². The van der Waals surface area contributed by atoms with Gasteiger partial charge in [-0.3, -0.25) is 9.69 Å². The first-order valence-corrected chi connectivity index (χ1v) is 7.67. The summed E-state index contributed by atoms with van der Waals surface area (Å²) in [6, 6.07) is 21.2. The summed E-state index contributed by atoms with van der Waals surface area (Å²) in [6.45, 7) is 1.90. The highest BCUT2D eigenvalue weighted by Gasteiger charge is 2.26. The van der Waals surface area contributed by atoms with Crippen molar-refractivity contribution in [3.8, 4) is 0 Å². The first kappa shape index (κ1) is 14.0. The van der Waals surface area contributed by atoms with E-state index in [2.05, 4.69) is 53.4 Å². The molecule has 2 nitrogen and oxygen atoms in total. The number of hydrogen-bond donors (Lipinski definition) is 0. The molecule has 0 spiro atoms. The smallest absolute Gasteiger partial charge is 0.134 e. The predicted molar refractivity (Wildman–Crippen MR) is 84.9 cm³/mol. The van der Waals surface area contributed by atoms with Crippen molar-refractivity contribution in [1.82, 2.24) is 4.90 Å². The molecular weight excluding hydrogens is 258 g/mol. The van der Waals surface area contributed by atoms with Gasteiger partial charge in [0.05, 0.1) is 0 Å². The third-order valence-electron chi connectivity index (χ3n) is 4.18. The minimum atomic E-state index is 0.210. The summed E-state index contributed by atoms with van der Waals surface area (Å²) in [5.74, 6) is 0.388. The summed E-state index contributed by atoms with van der Waals surface area (Å²) in [7, 11) is 0. The van der Waals surface area contributed by atoms with E-state index in [9.17, 15) is 4.79 Å². The van der Waals surface area contributed by atoms with Crippen molar-refractivity contribution in [2.75, 3.05) is 6.54 Å². The SMILES string of the molecule is O=C1CCCN(Cc2ccccc2)[C@@H](c2ccccc2)C1.